The maximum Gasteiger partial charge on any atom is 0.234 e. The van der Waals surface area contributed by atoms with Crippen LogP contribution in [0.4, 0.5) is 5.82 Å². The number of aryl methyl sites for hydroxylation is 1. The molecule has 1 atom stereocenters. The molecule has 2 heterocycles. The van der Waals surface area contributed by atoms with E-state index in [1.165, 1.54) is 0 Å². The first kappa shape index (κ1) is 21.5. The SMILES string of the molecule is Cc1cc(N2CCN(CC(=O)N[C@H](C)c3cccc(Cl)c3)CC2)nc(C(C)C)n1. The molecule has 0 radical (unpaired) electrons. The van der Waals surface area contributed by atoms with Crippen molar-refractivity contribution in [3.63, 3.8) is 0 Å². The van der Waals surface area contributed by atoms with Gasteiger partial charge in [-0.05, 0) is 31.5 Å². The molecular formula is C22H30ClN5O. The van der Waals surface area contributed by atoms with Gasteiger partial charge in [0.05, 0.1) is 12.6 Å². The van der Waals surface area contributed by atoms with Gasteiger partial charge in [-0.2, -0.15) is 0 Å². The first-order chi connectivity index (χ1) is 13.8. The molecule has 1 aromatic carbocycles. The third kappa shape index (κ3) is 5.90. The number of aromatic nitrogens is 2. The fourth-order valence-electron chi connectivity index (χ4n) is 3.48. The Morgan fingerprint density at radius 2 is 1.86 bits per heavy atom. The number of amides is 1. The van der Waals surface area contributed by atoms with Crippen molar-refractivity contribution < 1.29 is 4.79 Å². The van der Waals surface area contributed by atoms with E-state index in [0.29, 0.717) is 17.5 Å². The topological polar surface area (TPSA) is 61.4 Å². The van der Waals surface area contributed by atoms with Crippen molar-refractivity contribution in [1.82, 2.24) is 20.2 Å². The molecule has 2 aromatic rings. The zero-order valence-corrected chi connectivity index (χ0v) is 18.4. The Balaban J connectivity index is 1.51. The number of piperazine rings is 1. The van der Waals surface area contributed by atoms with Crippen LogP contribution in [0.3, 0.4) is 0 Å². The number of carbonyl (C=O) groups is 1. The minimum Gasteiger partial charge on any atom is -0.354 e. The summed E-state index contributed by atoms with van der Waals surface area (Å²) in [6.07, 6.45) is 0. The fraction of sp³-hybridized carbons (Fsp3) is 0.500. The van der Waals surface area contributed by atoms with Gasteiger partial charge in [-0.1, -0.05) is 37.6 Å². The van der Waals surface area contributed by atoms with Crippen molar-refractivity contribution in [3.8, 4) is 0 Å². The largest absolute Gasteiger partial charge is 0.354 e. The van der Waals surface area contributed by atoms with Gasteiger partial charge in [0.2, 0.25) is 5.91 Å². The van der Waals surface area contributed by atoms with Crippen molar-refractivity contribution >= 4 is 23.3 Å². The van der Waals surface area contributed by atoms with Crippen LogP contribution in [0.2, 0.25) is 5.02 Å². The van der Waals surface area contributed by atoms with Crippen LogP contribution in [-0.4, -0.2) is 53.5 Å². The molecule has 0 bridgehead atoms. The maximum absolute atomic E-state index is 12.5. The van der Waals surface area contributed by atoms with Gasteiger partial charge in [0.15, 0.2) is 0 Å². The van der Waals surface area contributed by atoms with Crippen molar-refractivity contribution in [2.24, 2.45) is 0 Å². The van der Waals surface area contributed by atoms with Crippen LogP contribution in [-0.2, 0) is 4.79 Å². The summed E-state index contributed by atoms with van der Waals surface area (Å²) >= 11 is 6.05. The monoisotopic (exact) mass is 415 g/mol. The summed E-state index contributed by atoms with van der Waals surface area (Å²) in [5.41, 5.74) is 2.01. The Bertz CT molecular complexity index is 849. The second kappa shape index (κ2) is 9.55. The molecule has 29 heavy (non-hydrogen) atoms. The number of carbonyl (C=O) groups excluding carboxylic acids is 1. The number of nitrogens with zero attached hydrogens (tertiary/aromatic N) is 4. The third-order valence-electron chi connectivity index (χ3n) is 5.16. The summed E-state index contributed by atoms with van der Waals surface area (Å²) in [5, 5.41) is 3.75. The molecule has 1 saturated heterocycles. The molecule has 0 spiro atoms. The van der Waals surface area contributed by atoms with E-state index in [1.807, 2.05) is 44.2 Å². The summed E-state index contributed by atoms with van der Waals surface area (Å²) in [6, 6.07) is 9.58. The van der Waals surface area contributed by atoms with E-state index in [9.17, 15) is 4.79 Å². The van der Waals surface area contributed by atoms with Crippen molar-refractivity contribution in [1.29, 1.82) is 0 Å². The minimum atomic E-state index is -0.0686. The molecule has 1 aliphatic rings. The molecule has 7 heteroatoms. The molecule has 156 valence electrons. The fourth-order valence-corrected chi connectivity index (χ4v) is 3.68. The molecule has 1 aliphatic heterocycles. The molecule has 1 aromatic heterocycles. The van der Waals surface area contributed by atoms with E-state index in [1.54, 1.807) is 0 Å². The smallest absolute Gasteiger partial charge is 0.234 e. The second-order valence-corrected chi connectivity index (χ2v) is 8.42. The lowest BCUT2D eigenvalue weighted by Crippen LogP contribution is -2.50. The van der Waals surface area contributed by atoms with Gasteiger partial charge in [0.1, 0.15) is 11.6 Å². The van der Waals surface area contributed by atoms with E-state index in [4.69, 9.17) is 16.6 Å². The number of anilines is 1. The molecule has 6 nitrogen and oxygen atoms in total. The first-order valence-electron chi connectivity index (χ1n) is 10.2. The van der Waals surface area contributed by atoms with Crippen molar-refractivity contribution in [2.75, 3.05) is 37.6 Å². The van der Waals surface area contributed by atoms with Gasteiger partial charge in [-0.25, -0.2) is 9.97 Å². The average molecular weight is 416 g/mol. The molecule has 1 fully saturated rings. The van der Waals surface area contributed by atoms with Gasteiger partial charge >= 0.3 is 0 Å². The highest BCUT2D eigenvalue weighted by atomic mass is 35.5. The van der Waals surface area contributed by atoms with Crippen LogP contribution < -0.4 is 10.2 Å². The lowest BCUT2D eigenvalue weighted by molar-refractivity contribution is -0.123. The highest BCUT2D eigenvalue weighted by Crippen LogP contribution is 2.19. The quantitative estimate of drug-likeness (QED) is 0.781. The van der Waals surface area contributed by atoms with Crippen LogP contribution in [0.5, 0.6) is 0 Å². The standard InChI is InChI=1S/C22H30ClN5O/c1-15(2)22-24-16(3)12-20(26-22)28-10-8-27(9-11-28)14-21(29)25-17(4)18-6-5-7-19(23)13-18/h5-7,12-13,15,17H,8-11,14H2,1-4H3,(H,25,29)/t17-/m1/s1. The lowest BCUT2D eigenvalue weighted by atomic mass is 10.1. The van der Waals surface area contributed by atoms with Crippen LogP contribution in [0.15, 0.2) is 30.3 Å². The highest BCUT2D eigenvalue weighted by Gasteiger charge is 2.21. The van der Waals surface area contributed by atoms with E-state index in [-0.39, 0.29) is 11.9 Å². The Hall–Kier alpha value is -2.18. The summed E-state index contributed by atoms with van der Waals surface area (Å²) in [7, 11) is 0. The zero-order valence-electron chi connectivity index (χ0n) is 17.7. The first-order valence-corrected chi connectivity index (χ1v) is 10.6. The molecular weight excluding hydrogens is 386 g/mol. The van der Waals surface area contributed by atoms with Gasteiger partial charge in [-0.3, -0.25) is 9.69 Å². The number of rotatable bonds is 6. The van der Waals surface area contributed by atoms with Gasteiger partial charge in [0.25, 0.3) is 0 Å². The van der Waals surface area contributed by atoms with Crippen LogP contribution in [0.1, 0.15) is 49.8 Å². The number of benzene rings is 1. The van der Waals surface area contributed by atoms with Crippen molar-refractivity contribution in [3.05, 3.63) is 52.4 Å². The number of hydrogen-bond acceptors (Lipinski definition) is 5. The van der Waals surface area contributed by atoms with Gasteiger partial charge < -0.3 is 10.2 Å². The summed E-state index contributed by atoms with van der Waals surface area (Å²) in [5.74, 6) is 2.21. The summed E-state index contributed by atoms with van der Waals surface area (Å²) in [6.45, 7) is 12.0. The second-order valence-electron chi connectivity index (χ2n) is 7.99. The van der Waals surface area contributed by atoms with E-state index in [2.05, 4.69) is 33.9 Å². The Morgan fingerprint density at radius 3 is 2.52 bits per heavy atom. The normalized spacial score (nSPS) is 16.1. The Labute approximate surface area is 178 Å². The predicted octanol–water partition coefficient (Wildman–Crippen LogP) is 3.56. The average Bonchev–Trinajstić information content (AvgIpc) is 2.68. The van der Waals surface area contributed by atoms with E-state index in [0.717, 1.165) is 49.1 Å². The molecule has 0 saturated carbocycles. The van der Waals surface area contributed by atoms with E-state index < -0.39 is 0 Å². The molecule has 1 amide bonds. The summed E-state index contributed by atoms with van der Waals surface area (Å²) in [4.78, 5) is 26.2. The van der Waals surface area contributed by atoms with Crippen LogP contribution >= 0.6 is 11.6 Å². The number of hydrogen-bond donors (Lipinski definition) is 1. The third-order valence-corrected chi connectivity index (χ3v) is 5.40. The Kier molecular flexibility index (Phi) is 7.09. The highest BCUT2D eigenvalue weighted by molar-refractivity contribution is 6.30. The van der Waals surface area contributed by atoms with Gasteiger partial charge in [0, 0.05) is 48.9 Å². The maximum atomic E-state index is 12.5. The lowest BCUT2D eigenvalue weighted by Gasteiger charge is -2.35. The molecule has 0 unspecified atom stereocenters. The molecule has 0 aliphatic carbocycles. The van der Waals surface area contributed by atoms with Crippen LogP contribution in [0.25, 0.3) is 0 Å². The van der Waals surface area contributed by atoms with Gasteiger partial charge in [-0.15, -0.1) is 0 Å². The summed E-state index contributed by atoms with van der Waals surface area (Å²) < 4.78 is 0. The number of nitrogens with one attached hydrogen (secondary N) is 1. The van der Waals surface area contributed by atoms with E-state index >= 15 is 0 Å². The minimum absolute atomic E-state index is 0.0332. The predicted molar refractivity (Wildman–Crippen MR) is 118 cm³/mol. The number of halogens is 1. The Morgan fingerprint density at radius 1 is 1.14 bits per heavy atom. The zero-order chi connectivity index (χ0) is 21.0. The molecule has 3 rings (SSSR count). The van der Waals surface area contributed by atoms with Crippen LogP contribution in [0, 0.1) is 6.92 Å². The van der Waals surface area contributed by atoms with Crippen molar-refractivity contribution in [2.45, 2.75) is 39.7 Å². The molecule has 1 N–H and O–H groups in total.